The number of allylic oxidation sites excluding steroid dienone is 1. The summed E-state index contributed by atoms with van der Waals surface area (Å²) in [6, 6.07) is 2.03. The highest BCUT2D eigenvalue weighted by atomic mass is 14.9. The molecule has 2 rings (SSSR count). The van der Waals surface area contributed by atoms with Crippen molar-refractivity contribution >= 4 is 0 Å². The second-order valence-electron chi connectivity index (χ2n) is 3.81. The van der Waals surface area contributed by atoms with Crippen molar-refractivity contribution in [2.75, 3.05) is 0 Å². The second kappa shape index (κ2) is 3.29. The van der Waals surface area contributed by atoms with Crippen LogP contribution in [0, 0.1) is 0 Å². The van der Waals surface area contributed by atoms with Crippen molar-refractivity contribution in [1.82, 2.24) is 9.97 Å². The SMILES string of the molecule is C=C(C)Cc1nccc(C2CC2)n1. The quantitative estimate of drug-likeness (QED) is 0.658. The first-order chi connectivity index (χ1) is 6.25. The van der Waals surface area contributed by atoms with E-state index in [0.717, 1.165) is 17.8 Å². The Morgan fingerprint density at radius 1 is 1.62 bits per heavy atom. The van der Waals surface area contributed by atoms with Gasteiger partial charge in [0.1, 0.15) is 5.82 Å². The fraction of sp³-hybridized carbons (Fsp3) is 0.455. The second-order valence-corrected chi connectivity index (χ2v) is 3.81. The van der Waals surface area contributed by atoms with Crippen LogP contribution in [0.3, 0.4) is 0 Å². The van der Waals surface area contributed by atoms with Crippen LogP contribution >= 0.6 is 0 Å². The topological polar surface area (TPSA) is 25.8 Å². The van der Waals surface area contributed by atoms with E-state index in [-0.39, 0.29) is 0 Å². The molecule has 1 aliphatic rings. The van der Waals surface area contributed by atoms with Crippen LogP contribution in [0.5, 0.6) is 0 Å². The summed E-state index contributed by atoms with van der Waals surface area (Å²) in [6.45, 7) is 5.87. The van der Waals surface area contributed by atoms with Crippen molar-refractivity contribution in [3.05, 3.63) is 35.9 Å². The van der Waals surface area contributed by atoms with Crippen LogP contribution in [0.1, 0.15) is 37.2 Å². The van der Waals surface area contributed by atoms with Gasteiger partial charge in [0.05, 0.1) is 0 Å². The summed E-state index contributed by atoms with van der Waals surface area (Å²) in [5, 5.41) is 0. The molecule has 0 amide bonds. The van der Waals surface area contributed by atoms with Crippen molar-refractivity contribution in [3.8, 4) is 0 Å². The lowest BCUT2D eigenvalue weighted by molar-refractivity contribution is 0.893. The first-order valence-electron chi connectivity index (χ1n) is 4.72. The summed E-state index contributed by atoms with van der Waals surface area (Å²) in [5.41, 5.74) is 2.33. The zero-order valence-electron chi connectivity index (χ0n) is 7.95. The van der Waals surface area contributed by atoms with E-state index < -0.39 is 0 Å². The standard InChI is InChI=1S/C11H14N2/c1-8(2)7-11-12-6-5-10(13-11)9-3-4-9/h5-6,9H,1,3-4,7H2,2H3. The van der Waals surface area contributed by atoms with E-state index in [1.807, 2.05) is 19.2 Å². The number of hydrogen-bond donors (Lipinski definition) is 0. The number of aromatic nitrogens is 2. The average molecular weight is 174 g/mol. The van der Waals surface area contributed by atoms with Gasteiger partial charge in [0.25, 0.3) is 0 Å². The minimum Gasteiger partial charge on any atom is -0.241 e. The highest BCUT2D eigenvalue weighted by Gasteiger charge is 2.24. The smallest absolute Gasteiger partial charge is 0.132 e. The molecule has 68 valence electrons. The van der Waals surface area contributed by atoms with Gasteiger partial charge in [-0.3, -0.25) is 0 Å². The molecule has 0 saturated heterocycles. The van der Waals surface area contributed by atoms with Gasteiger partial charge < -0.3 is 0 Å². The maximum atomic E-state index is 4.50. The van der Waals surface area contributed by atoms with Crippen molar-refractivity contribution in [1.29, 1.82) is 0 Å². The number of rotatable bonds is 3. The zero-order valence-corrected chi connectivity index (χ0v) is 7.95. The molecule has 1 aromatic heterocycles. The van der Waals surface area contributed by atoms with Gasteiger partial charge in [-0.15, -0.1) is 0 Å². The Balaban J connectivity index is 2.16. The molecule has 0 aliphatic heterocycles. The lowest BCUT2D eigenvalue weighted by Gasteiger charge is -2.01. The summed E-state index contributed by atoms with van der Waals surface area (Å²) < 4.78 is 0. The average Bonchev–Trinajstić information content (AvgIpc) is 2.85. The largest absolute Gasteiger partial charge is 0.241 e. The third-order valence-corrected chi connectivity index (χ3v) is 2.18. The summed E-state index contributed by atoms with van der Waals surface area (Å²) in [6.07, 6.45) is 5.26. The molecule has 13 heavy (non-hydrogen) atoms. The molecule has 1 heterocycles. The summed E-state index contributed by atoms with van der Waals surface area (Å²) in [7, 11) is 0. The van der Waals surface area contributed by atoms with Gasteiger partial charge in [-0.1, -0.05) is 12.2 Å². The Morgan fingerprint density at radius 3 is 3.00 bits per heavy atom. The lowest BCUT2D eigenvalue weighted by Crippen LogP contribution is -1.98. The van der Waals surface area contributed by atoms with Crippen molar-refractivity contribution < 1.29 is 0 Å². The van der Waals surface area contributed by atoms with Gasteiger partial charge >= 0.3 is 0 Å². The molecule has 2 heteroatoms. The van der Waals surface area contributed by atoms with Crippen molar-refractivity contribution in [3.63, 3.8) is 0 Å². The van der Waals surface area contributed by atoms with Gasteiger partial charge in [-0.2, -0.15) is 0 Å². The van der Waals surface area contributed by atoms with Crippen LogP contribution in [0.4, 0.5) is 0 Å². The van der Waals surface area contributed by atoms with E-state index in [1.54, 1.807) is 0 Å². The molecule has 0 aromatic carbocycles. The maximum absolute atomic E-state index is 4.50. The predicted molar refractivity (Wildman–Crippen MR) is 52.5 cm³/mol. The fourth-order valence-electron chi connectivity index (χ4n) is 1.38. The van der Waals surface area contributed by atoms with Gasteiger partial charge in [-0.05, 0) is 25.8 Å². The van der Waals surface area contributed by atoms with Crippen LogP contribution in [0.15, 0.2) is 24.4 Å². The monoisotopic (exact) mass is 174 g/mol. The highest BCUT2D eigenvalue weighted by molar-refractivity contribution is 5.15. The van der Waals surface area contributed by atoms with Gasteiger partial charge in [0.2, 0.25) is 0 Å². The van der Waals surface area contributed by atoms with E-state index >= 15 is 0 Å². The lowest BCUT2D eigenvalue weighted by atomic mass is 10.2. The molecule has 0 radical (unpaired) electrons. The van der Waals surface area contributed by atoms with Crippen molar-refractivity contribution in [2.24, 2.45) is 0 Å². The molecule has 2 nitrogen and oxygen atoms in total. The van der Waals surface area contributed by atoms with Gasteiger partial charge in [-0.25, -0.2) is 9.97 Å². The van der Waals surface area contributed by atoms with Crippen molar-refractivity contribution in [2.45, 2.75) is 32.1 Å². The Hall–Kier alpha value is -1.18. The third kappa shape index (κ3) is 2.14. The molecule has 0 unspecified atom stereocenters. The Kier molecular flexibility index (Phi) is 2.13. The van der Waals surface area contributed by atoms with Crippen LogP contribution in [-0.2, 0) is 6.42 Å². The van der Waals surface area contributed by atoms with E-state index in [0.29, 0.717) is 5.92 Å². The molecule has 0 atom stereocenters. The fourth-order valence-corrected chi connectivity index (χ4v) is 1.38. The van der Waals surface area contributed by atoms with Gasteiger partial charge in [0, 0.05) is 24.2 Å². The van der Waals surface area contributed by atoms with Crippen LogP contribution in [0.25, 0.3) is 0 Å². The zero-order chi connectivity index (χ0) is 9.26. The molecule has 0 spiro atoms. The molecule has 1 fully saturated rings. The Labute approximate surface area is 78.7 Å². The molecule has 0 bridgehead atoms. The third-order valence-electron chi connectivity index (χ3n) is 2.18. The van der Waals surface area contributed by atoms with Crippen LogP contribution < -0.4 is 0 Å². The summed E-state index contributed by atoms with van der Waals surface area (Å²) in [4.78, 5) is 8.72. The first kappa shape index (κ1) is 8.42. The van der Waals surface area contributed by atoms with E-state index in [1.165, 1.54) is 18.5 Å². The molecule has 0 N–H and O–H groups in total. The van der Waals surface area contributed by atoms with Crippen LogP contribution in [-0.4, -0.2) is 9.97 Å². The molecule has 1 saturated carbocycles. The maximum Gasteiger partial charge on any atom is 0.132 e. The molecule has 1 aromatic rings. The molecular weight excluding hydrogens is 160 g/mol. The number of nitrogens with zero attached hydrogens (tertiary/aromatic N) is 2. The Bertz CT molecular complexity index is 327. The highest BCUT2D eigenvalue weighted by Crippen LogP contribution is 2.38. The normalized spacial score (nSPS) is 15.8. The molecular formula is C11H14N2. The summed E-state index contributed by atoms with van der Waals surface area (Å²) >= 11 is 0. The predicted octanol–water partition coefficient (Wildman–Crippen LogP) is 2.47. The molecule has 1 aliphatic carbocycles. The summed E-state index contributed by atoms with van der Waals surface area (Å²) in [5.74, 6) is 1.63. The minimum absolute atomic E-state index is 0.715. The number of hydrogen-bond acceptors (Lipinski definition) is 2. The van der Waals surface area contributed by atoms with E-state index in [9.17, 15) is 0 Å². The minimum atomic E-state index is 0.715. The van der Waals surface area contributed by atoms with Crippen LogP contribution in [0.2, 0.25) is 0 Å². The Morgan fingerprint density at radius 2 is 2.38 bits per heavy atom. The van der Waals surface area contributed by atoms with E-state index in [2.05, 4.69) is 16.5 Å². The first-order valence-corrected chi connectivity index (χ1v) is 4.72. The van der Waals surface area contributed by atoms with E-state index in [4.69, 9.17) is 0 Å². The van der Waals surface area contributed by atoms with Gasteiger partial charge in [0.15, 0.2) is 0 Å².